The van der Waals surface area contributed by atoms with Gasteiger partial charge in [0.05, 0.1) is 18.8 Å². The normalized spacial score (nSPS) is 23.8. The minimum absolute atomic E-state index is 0.560. The summed E-state index contributed by atoms with van der Waals surface area (Å²) in [5.74, 6) is 0.916. The van der Waals surface area contributed by atoms with Gasteiger partial charge in [-0.2, -0.15) is 0 Å². The Morgan fingerprint density at radius 2 is 1.68 bits per heavy atom. The molecule has 1 fully saturated rings. The zero-order valence-corrected chi connectivity index (χ0v) is 11.7. The summed E-state index contributed by atoms with van der Waals surface area (Å²) in [6, 6.07) is 6.20. The Kier molecular flexibility index (Phi) is 4.80. The molecule has 4 heteroatoms. The van der Waals surface area contributed by atoms with Crippen LogP contribution >= 0.6 is 0 Å². The van der Waals surface area contributed by atoms with E-state index in [9.17, 15) is 10.2 Å². The SMILES string of the molecule is Cc1cc(C)cc(OCCCN2C[C@@H](O)[C@@H](O)C2)c1. The summed E-state index contributed by atoms with van der Waals surface area (Å²) in [5, 5.41) is 18.9. The van der Waals surface area contributed by atoms with Crippen molar-refractivity contribution in [2.75, 3.05) is 26.2 Å². The number of likely N-dealkylation sites (tertiary alicyclic amines) is 1. The number of ether oxygens (including phenoxy) is 1. The Balaban J connectivity index is 1.69. The van der Waals surface area contributed by atoms with E-state index >= 15 is 0 Å². The van der Waals surface area contributed by atoms with Crippen molar-refractivity contribution in [1.29, 1.82) is 0 Å². The van der Waals surface area contributed by atoms with Crippen molar-refractivity contribution in [1.82, 2.24) is 4.90 Å². The molecule has 2 N–H and O–H groups in total. The van der Waals surface area contributed by atoms with Gasteiger partial charge >= 0.3 is 0 Å². The number of aliphatic hydroxyl groups excluding tert-OH is 2. The number of aryl methyl sites for hydroxylation is 2. The molecule has 0 bridgehead atoms. The summed E-state index contributed by atoms with van der Waals surface area (Å²) in [6.45, 7) is 6.75. The van der Waals surface area contributed by atoms with Crippen LogP contribution in [0.4, 0.5) is 0 Å². The molecule has 0 spiro atoms. The molecule has 1 aromatic rings. The molecule has 0 saturated carbocycles. The largest absolute Gasteiger partial charge is 0.494 e. The van der Waals surface area contributed by atoms with E-state index in [1.165, 1.54) is 11.1 Å². The van der Waals surface area contributed by atoms with Gasteiger partial charge in [0, 0.05) is 19.6 Å². The molecular formula is C15H23NO3. The first-order valence-corrected chi connectivity index (χ1v) is 6.84. The first kappa shape index (κ1) is 14.3. The highest BCUT2D eigenvalue weighted by molar-refractivity contribution is 5.32. The number of nitrogens with zero attached hydrogens (tertiary/aromatic N) is 1. The molecule has 1 heterocycles. The molecule has 4 nitrogen and oxygen atoms in total. The van der Waals surface area contributed by atoms with Crippen molar-refractivity contribution in [3.63, 3.8) is 0 Å². The van der Waals surface area contributed by atoms with Gasteiger partial charge in [-0.1, -0.05) is 6.07 Å². The molecule has 1 aliphatic heterocycles. The van der Waals surface area contributed by atoms with Crippen LogP contribution in [0.3, 0.4) is 0 Å². The van der Waals surface area contributed by atoms with Crippen LogP contribution in [0.1, 0.15) is 17.5 Å². The fourth-order valence-corrected chi connectivity index (χ4v) is 2.52. The Morgan fingerprint density at radius 3 is 2.26 bits per heavy atom. The molecule has 1 aromatic carbocycles. The molecular weight excluding hydrogens is 242 g/mol. The zero-order valence-electron chi connectivity index (χ0n) is 11.7. The van der Waals surface area contributed by atoms with Crippen molar-refractivity contribution in [3.05, 3.63) is 29.3 Å². The Morgan fingerprint density at radius 1 is 1.11 bits per heavy atom. The fourth-order valence-electron chi connectivity index (χ4n) is 2.52. The number of aliphatic hydroxyl groups is 2. The average molecular weight is 265 g/mol. The van der Waals surface area contributed by atoms with Crippen LogP contribution in [0.25, 0.3) is 0 Å². The first-order chi connectivity index (χ1) is 9.04. The lowest BCUT2D eigenvalue weighted by Gasteiger charge is -2.15. The summed E-state index contributed by atoms with van der Waals surface area (Å²) in [6.07, 6.45) is -0.299. The highest BCUT2D eigenvalue weighted by Crippen LogP contribution is 2.16. The fraction of sp³-hybridized carbons (Fsp3) is 0.600. The second kappa shape index (κ2) is 6.37. The monoisotopic (exact) mass is 265 g/mol. The van der Waals surface area contributed by atoms with Gasteiger partial charge in [-0.15, -0.1) is 0 Å². The van der Waals surface area contributed by atoms with E-state index in [0.717, 1.165) is 18.7 Å². The van der Waals surface area contributed by atoms with Crippen LogP contribution in [0.2, 0.25) is 0 Å². The quantitative estimate of drug-likeness (QED) is 0.783. The zero-order chi connectivity index (χ0) is 13.8. The highest BCUT2D eigenvalue weighted by atomic mass is 16.5. The molecule has 2 atom stereocenters. The molecule has 0 radical (unpaired) electrons. The predicted octanol–water partition coefficient (Wildman–Crippen LogP) is 1.11. The molecule has 1 saturated heterocycles. The van der Waals surface area contributed by atoms with E-state index in [1.54, 1.807) is 0 Å². The minimum atomic E-state index is -0.597. The Bertz CT molecular complexity index is 392. The summed E-state index contributed by atoms with van der Waals surface area (Å²) in [4.78, 5) is 2.07. The van der Waals surface area contributed by atoms with Gasteiger partial charge < -0.3 is 14.9 Å². The van der Waals surface area contributed by atoms with Crippen LogP contribution in [0.15, 0.2) is 18.2 Å². The topological polar surface area (TPSA) is 52.9 Å². The maximum atomic E-state index is 9.44. The summed E-state index contributed by atoms with van der Waals surface area (Å²) in [7, 11) is 0. The van der Waals surface area contributed by atoms with Gasteiger partial charge in [0.15, 0.2) is 0 Å². The Labute approximate surface area is 114 Å². The van der Waals surface area contributed by atoms with Crippen molar-refractivity contribution >= 4 is 0 Å². The van der Waals surface area contributed by atoms with Crippen LogP contribution in [-0.2, 0) is 0 Å². The van der Waals surface area contributed by atoms with Gasteiger partial charge in [0.25, 0.3) is 0 Å². The lowest BCUT2D eigenvalue weighted by molar-refractivity contribution is 0.0572. The average Bonchev–Trinajstić information content (AvgIpc) is 2.63. The minimum Gasteiger partial charge on any atom is -0.494 e. The maximum absolute atomic E-state index is 9.44. The van der Waals surface area contributed by atoms with Gasteiger partial charge in [0.2, 0.25) is 0 Å². The van der Waals surface area contributed by atoms with Crippen LogP contribution < -0.4 is 4.74 Å². The number of β-amino-alcohol motifs (C(OH)–C–C–N with tert-alkyl or cyclic N) is 2. The van der Waals surface area contributed by atoms with E-state index in [2.05, 4.69) is 24.8 Å². The molecule has 19 heavy (non-hydrogen) atoms. The van der Waals surface area contributed by atoms with Crippen molar-refractivity contribution in [2.45, 2.75) is 32.5 Å². The van der Waals surface area contributed by atoms with Gasteiger partial charge in [-0.05, 0) is 43.5 Å². The molecule has 0 unspecified atom stereocenters. The number of hydrogen-bond donors (Lipinski definition) is 2. The lowest BCUT2D eigenvalue weighted by Crippen LogP contribution is -2.24. The third-order valence-corrected chi connectivity index (χ3v) is 3.42. The third-order valence-electron chi connectivity index (χ3n) is 3.42. The van der Waals surface area contributed by atoms with Crippen LogP contribution in [-0.4, -0.2) is 53.6 Å². The van der Waals surface area contributed by atoms with E-state index in [-0.39, 0.29) is 0 Å². The number of benzene rings is 1. The number of hydrogen-bond acceptors (Lipinski definition) is 4. The second-order valence-corrected chi connectivity index (χ2v) is 5.42. The summed E-state index contributed by atoms with van der Waals surface area (Å²) >= 11 is 0. The Hall–Kier alpha value is -1.10. The van der Waals surface area contributed by atoms with E-state index in [4.69, 9.17) is 4.74 Å². The smallest absolute Gasteiger partial charge is 0.119 e. The standard InChI is InChI=1S/C15H23NO3/c1-11-6-12(2)8-13(7-11)19-5-3-4-16-9-14(17)15(18)10-16/h6-8,14-15,17-18H,3-5,9-10H2,1-2H3/t14-,15+. The molecule has 0 aromatic heterocycles. The molecule has 1 aliphatic rings. The predicted molar refractivity (Wildman–Crippen MR) is 74.5 cm³/mol. The third kappa shape index (κ3) is 4.20. The molecule has 0 amide bonds. The van der Waals surface area contributed by atoms with Crippen molar-refractivity contribution < 1.29 is 14.9 Å². The van der Waals surface area contributed by atoms with Gasteiger partial charge in [-0.25, -0.2) is 0 Å². The van der Waals surface area contributed by atoms with E-state index in [1.807, 2.05) is 12.1 Å². The van der Waals surface area contributed by atoms with Gasteiger partial charge in [-0.3, -0.25) is 4.90 Å². The van der Waals surface area contributed by atoms with Crippen molar-refractivity contribution in [3.8, 4) is 5.75 Å². The van der Waals surface area contributed by atoms with Crippen molar-refractivity contribution in [2.24, 2.45) is 0 Å². The summed E-state index contributed by atoms with van der Waals surface area (Å²) in [5.41, 5.74) is 2.42. The molecule has 2 rings (SSSR count). The first-order valence-electron chi connectivity index (χ1n) is 6.84. The lowest BCUT2D eigenvalue weighted by atomic mass is 10.1. The second-order valence-electron chi connectivity index (χ2n) is 5.42. The maximum Gasteiger partial charge on any atom is 0.119 e. The highest BCUT2D eigenvalue weighted by Gasteiger charge is 2.28. The van der Waals surface area contributed by atoms with Crippen LogP contribution in [0, 0.1) is 13.8 Å². The van der Waals surface area contributed by atoms with Crippen LogP contribution in [0.5, 0.6) is 5.75 Å². The van der Waals surface area contributed by atoms with E-state index < -0.39 is 12.2 Å². The number of rotatable bonds is 5. The summed E-state index contributed by atoms with van der Waals surface area (Å²) < 4.78 is 5.73. The molecule has 106 valence electrons. The molecule has 0 aliphatic carbocycles. The van der Waals surface area contributed by atoms with E-state index in [0.29, 0.717) is 19.7 Å². The van der Waals surface area contributed by atoms with Gasteiger partial charge in [0.1, 0.15) is 5.75 Å².